The van der Waals surface area contributed by atoms with Crippen LogP contribution in [0.5, 0.6) is 0 Å². The summed E-state index contributed by atoms with van der Waals surface area (Å²) < 4.78 is 16.9. The SMILES string of the molecule is CCCCCCC/C=C\C/C=C\CCCCCCCCCCCC(=O)OC(COC(=O)CCCCCCCCCCCCC)COC(=O)CCCCCCCCCCCCCCCCCCCCCCCC. The van der Waals surface area contributed by atoms with Crippen molar-refractivity contribution in [2.75, 3.05) is 13.2 Å². The summed E-state index contributed by atoms with van der Waals surface area (Å²) in [5, 5.41) is 0. The highest BCUT2D eigenvalue weighted by Gasteiger charge is 2.19. The number of allylic oxidation sites excluding steroid dienone is 4. The van der Waals surface area contributed by atoms with Gasteiger partial charge >= 0.3 is 17.9 Å². The van der Waals surface area contributed by atoms with Crippen LogP contribution in [-0.2, 0) is 28.6 Å². The lowest BCUT2D eigenvalue weighted by atomic mass is 10.0. The summed E-state index contributed by atoms with van der Waals surface area (Å²) in [6.45, 7) is 6.69. The predicted molar refractivity (Wildman–Crippen MR) is 312 cm³/mol. The van der Waals surface area contributed by atoms with Crippen LogP contribution in [0.1, 0.15) is 361 Å². The van der Waals surface area contributed by atoms with Crippen LogP contribution in [0.4, 0.5) is 0 Å². The van der Waals surface area contributed by atoms with Gasteiger partial charge in [0, 0.05) is 19.3 Å². The lowest BCUT2D eigenvalue weighted by Crippen LogP contribution is -2.30. The minimum Gasteiger partial charge on any atom is -0.462 e. The fraction of sp³-hybridized carbons (Fsp3) is 0.894. The maximum absolute atomic E-state index is 12.9. The lowest BCUT2D eigenvalue weighted by molar-refractivity contribution is -0.167. The molecule has 72 heavy (non-hydrogen) atoms. The Balaban J connectivity index is 4.23. The van der Waals surface area contributed by atoms with Crippen molar-refractivity contribution in [3.8, 4) is 0 Å². The minimum atomic E-state index is -0.769. The first-order chi connectivity index (χ1) is 35.5. The van der Waals surface area contributed by atoms with Crippen molar-refractivity contribution < 1.29 is 28.6 Å². The van der Waals surface area contributed by atoms with Crippen LogP contribution < -0.4 is 0 Å². The van der Waals surface area contributed by atoms with E-state index in [4.69, 9.17) is 14.2 Å². The largest absolute Gasteiger partial charge is 0.462 e. The van der Waals surface area contributed by atoms with Gasteiger partial charge in [-0.05, 0) is 51.4 Å². The summed E-state index contributed by atoms with van der Waals surface area (Å²) in [5.74, 6) is -0.845. The maximum atomic E-state index is 12.9. The molecule has 0 fully saturated rings. The number of carbonyl (C=O) groups is 3. The van der Waals surface area contributed by atoms with E-state index in [1.165, 1.54) is 257 Å². The number of ether oxygens (including phenoxy) is 3. The van der Waals surface area contributed by atoms with Crippen LogP contribution in [0.25, 0.3) is 0 Å². The summed E-state index contributed by atoms with van der Waals surface area (Å²) in [5.41, 5.74) is 0. The summed E-state index contributed by atoms with van der Waals surface area (Å²) in [4.78, 5) is 38.2. The van der Waals surface area contributed by atoms with Crippen molar-refractivity contribution in [3.63, 3.8) is 0 Å². The van der Waals surface area contributed by atoms with E-state index in [1.54, 1.807) is 0 Å². The van der Waals surface area contributed by atoms with Gasteiger partial charge in [0.15, 0.2) is 6.10 Å². The number of esters is 3. The molecular weight excluding hydrogens is 889 g/mol. The molecule has 0 amide bonds. The summed E-state index contributed by atoms with van der Waals surface area (Å²) in [6.07, 6.45) is 73.3. The fourth-order valence-corrected chi connectivity index (χ4v) is 9.83. The molecule has 0 aliphatic rings. The first-order valence-corrected chi connectivity index (χ1v) is 32.3. The Morgan fingerprint density at radius 1 is 0.278 bits per heavy atom. The lowest BCUT2D eigenvalue weighted by Gasteiger charge is -2.18. The molecule has 0 spiro atoms. The van der Waals surface area contributed by atoms with Crippen molar-refractivity contribution in [2.24, 2.45) is 0 Å². The Morgan fingerprint density at radius 2 is 0.500 bits per heavy atom. The van der Waals surface area contributed by atoms with Gasteiger partial charge in [0.1, 0.15) is 13.2 Å². The summed E-state index contributed by atoms with van der Waals surface area (Å²) in [6, 6.07) is 0. The maximum Gasteiger partial charge on any atom is 0.306 e. The van der Waals surface area contributed by atoms with E-state index in [0.717, 1.165) is 64.2 Å². The molecule has 1 unspecified atom stereocenters. The smallest absolute Gasteiger partial charge is 0.306 e. The highest BCUT2D eigenvalue weighted by atomic mass is 16.6. The fourth-order valence-electron chi connectivity index (χ4n) is 9.83. The molecule has 0 heterocycles. The Labute approximate surface area is 449 Å². The number of hydrogen-bond donors (Lipinski definition) is 0. The van der Waals surface area contributed by atoms with E-state index in [0.29, 0.717) is 19.3 Å². The van der Waals surface area contributed by atoms with Crippen molar-refractivity contribution in [3.05, 3.63) is 24.3 Å². The summed E-state index contributed by atoms with van der Waals surface area (Å²) in [7, 11) is 0. The van der Waals surface area contributed by atoms with Gasteiger partial charge in [0.05, 0.1) is 0 Å². The minimum absolute atomic E-state index is 0.0669. The van der Waals surface area contributed by atoms with Crippen molar-refractivity contribution in [1.29, 1.82) is 0 Å². The van der Waals surface area contributed by atoms with Crippen LogP contribution in [0.3, 0.4) is 0 Å². The Kier molecular flexibility index (Phi) is 59.6. The molecule has 6 nitrogen and oxygen atoms in total. The van der Waals surface area contributed by atoms with Crippen LogP contribution in [0, 0.1) is 0 Å². The third kappa shape index (κ3) is 58.8. The molecule has 0 bridgehead atoms. The van der Waals surface area contributed by atoms with Crippen LogP contribution in [0.15, 0.2) is 24.3 Å². The van der Waals surface area contributed by atoms with Crippen molar-refractivity contribution in [2.45, 2.75) is 367 Å². The first kappa shape index (κ1) is 69.9. The van der Waals surface area contributed by atoms with E-state index in [1.807, 2.05) is 0 Å². The molecule has 0 saturated carbocycles. The average Bonchev–Trinajstić information content (AvgIpc) is 3.38. The zero-order valence-electron chi connectivity index (χ0n) is 48.7. The van der Waals surface area contributed by atoms with E-state index in [-0.39, 0.29) is 31.1 Å². The number of unbranched alkanes of at least 4 members (excludes halogenated alkanes) is 45. The molecule has 0 aliphatic heterocycles. The Bertz CT molecular complexity index is 1160. The second kappa shape index (κ2) is 61.4. The zero-order chi connectivity index (χ0) is 52.2. The highest BCUT2D eigenvalue weighted by Crippen LogP contribution is 2.18. The molecule has 0 aromatic rings. The normalized spacial score (nSPS) is 12.1. The Morgan fingerprint density at radius 3 is 0.764 bits per heavy atom. The summed E-state index contributed by atoms with van der Waals surface area (Å²) >= 11 is 0. The van der Waals surface area contributed by atoms with Gasteiger partial charge in [-0.15, -0.1) is 0 Å². The standard InChI is InChI=1S/C66H124O6/c1-4-7-10-13-16-19-22-24-26-28-30-32-34-35-37-39-41-44-47-50-53-56-59-65(68)71-62-63(61-70-64(67)58-55-52-49-46-43-21-18-15-12-9-6-3)72-66(69)60-57-54-51-48-45-42-40-38-36-33-31-29-27-25-23-20-17-14-11-8-5-2/h23,25,29,31,63H,4-22,24,26-28,30,32-62H2,1-3H3/b25-23-,31-29-. The van der Waals surface area contributed by atoms with Crippen LogP contribution in [0.2, 0.25) is 0 Å². The quantitative estimate of drug-likeness (QED) is 0.0261. The van der Waals surface area contributed by atoms with E-state index < -0.39 is 6.10 Å². The monoisotopic (exact) mass is 1010 g/mol. The molecule has 0 aromatic carbocycles. The zero-order valence-corrected chi connectivity index (χ0v) is 48.7. The molecule has 0 rings (SSSR count). The molecule has 1 atom stereocenters. The van der Waals surface area contributed by atoms with Gasteiger partial charge in [0.2, 0.25) is 0 Å². The number of rotatable bonds is 60. The van der Waals surface area contributed by atoms with Gasteiger partial charge in [-0.2, -0.15) is 0 Å². The van der Waals surface area contributed by atoms with Crippen molar-refractivity contribution >= 4 is 17.9 Å². The Hall–Kier alpha value is -2.11. The van der Waals surface area contributed by atoms with Crippen molar-refractivity contribution in [1.82, 2.24) is 0 Å². The second-order valence-electron chi connectivity index (χ2n) is 22.0. The molecule has 0 aliphatic carbocycles. The van der Waals surface area contributed by atoms with Crippen LogP contribution in [-0.4, -0.2) is 37.2 Å². The first-order valence-electron chi connectivity index (χ1n) is 32.3. The van der Waals surface area contributed by atoms with E-state index >= 15 is 0 Å². The average molecular weight is 1010 g/mol. The van der Waals surface area contributed by atoms with Gasteiger partial charge < -0.3 is 14.2 Å². The molecule has 424 valence electrons. The third-order valence-corrected chi connectivity index (χ3v) is 14.7. The highest BCUT2D eigenvalue weighted by molar-refractivity contribution is 5.71. The molecule has 0 radical (unpaired) electrons. The van der Waals surface area contributed by atoms with E-state index in [2.05, 4.69) is 45.1 Å². The van der Waals surface area contributed by atoms with Gasteiger partial charge in [-0.25, -0.2) is 0 Å². The topological polar surface area (TPSA) is 78.9 Å². The molecule has 0 N–H and O–H groups in total. The van der Waals surface area contributed by atoms with E-state index in [9.17, 15) is 14.4 Å². The number of carbonyl (C=O) groups excluding carboxylic acids is 3. The third-order valence-electron chi connectivity index (χ3n) is 14.7. The van der Waals surface area contributed by atoms with Gasteiger partial charge in [0.25, 0.3) is 0 Å². The molecule has 0 aromatic heterocycles. The molecule has 6 heteroatoms. The molecule has 0 saturated heterocycles. The molecular formula is C66H124O6. The second-order valence-corrected chi connectivity index (χ2v) is 22.0. The van der Waals surface area contributed by atoms with Crippen LogP contribution >= 0.6 is 0 Å². The number of hydrogen-bond acceptors (Lipinski definition) is 6. The van der Waals surface area contributed by atoms with Gasteiger partial charge in [-0.3, -0.25) is 14.4 Å². The predicted octanol–water partition coefficient (Wildman–Crippen LogP) is 21.8. The van der Waals surface area contributed by atoms with Gasteiger partial charge in [-0.1, -0.05) is 315 Å².